The van der Waals surface area contributed by atoms with Crippen molar-refractivity contribution in [3.63, 3.8) is 0 Å². The monoisotopic (exact) mass is 344 g/mol. The third-order valence-corrected chi connectivity index (χ3v) is 3.80. The molecule has 0 fully saturated rings. The fourth-order valence-electron chi connectivity index (χ4n) is 2.15. The van der Waals surface area contributed by atoms with E-state index in [-0.39, 0.29) is 11.6 Å². The molecule has 0 saturated carbocycles. The number of anilines is 1. The minimum absolute atomic E-state index is 0.273. The van der Waals surface area contributed by atoms with Crippen molar-refractivity contribution >= 4 is 11.7 Å². The summed E-state index contributed by atoms with van der Waals surface area (Å²) >= 11 is 0. The Hall–Kier alpha value is -2.83. The number of carbonyl (C=O) groups is 1. The lowest BCUT2D eigenvalue weighted by atomic mass is 10.2. The molecule has 0 bridgehead atoms. The summed E-state index contributed by atoms with van der Waals surface area (Å²) in [6.45, 7) is 4.50. The molecule has 7 nitrogen and oxygen atoms in total. The lowest BCUT2D eigenvalue weighted by molar-refractivity contribution is 0.0945. The van der Waals surface area contributed by atoms with Crippen molar-refractivity contribution in [2.45, 2.75) is 32.9 Å². The third kappa shape index (κ3) is 5.07. The van der Waals surface area contributed by atoms with Crippen molar-refractivity contribution in [2.24, 2.45) is 0 Å². The Kier molecular flexibility index (Phi) is 6.56. The summed E-state index contributed by atoms with van der Waals surface area (Å²) in [4.78, 5) is 12.2. The van der Waals surface area contributed by atoms with Gasteiger partial charge in [0.15, 0.2) is 17.2 Å². The van der Waals surface area contributed by atoms with Gasteiger partial charge in [0.25, 0.3) is 5.91 Å². The van der Waals surface area contributed by atoms with Gasteiger partial charge in [-0.1, -0.05) is 13.0 Å². The molecular formula is C18H24N4O3. The number of aromatic nitrogens is 2. The third-order valence-electron chi connectivity index (χ3n) is 3.80. The predicted molar refractivity (Wildman–Crippen MR) is 96.1 cm³/mol. The normalized spacial score (nSPS) is 11.5. The van der Waals surface area contributed by atoms with Crippen LogP contribution in [0.2, 0.25) is 0 Å². The quantitative estimate of drug-likeness (QED) is 0.766. The molecular weight excluding hydrogens is 320 g/mol. The van der Waals surface area contributed by atoms with Crippen LogP contribution in [-0.2, 0) is 6.54 Å². The van der Waals surface area contributed by atoms with Gasteiger partial charge in [0.2, 0.25) is 0 Å². The van der Waals surface area contributed by atoms with Crippen LogP contribution in [0.1, 0.15) is 36.3 Å². The van der Waals surface area contributed by atoms with Gasteiger partial charge in [0.05, 0.1) is 14.2 Å². The van der Waals surface area contributed by atoms with Crippen molar-refractivity contribution < 1.29 is 14.3 Å². The minimum Gasteiger partial charge on any atom is -0.493 e. The van der Waals surface area contributed by atoms with Crippen LogP contribution in [0.4, 0.5) is 5.82 Å². The number of ether oxygens (including phenoxy) is 2. The number of hydrogen-bond donors (Lipinski definition) is 2. The summed E-state index contributed by atoms with van der Waals surface area (Å²) < 4.78 is 10.5. The van der Waals surface area contributed by atoms with Crippen LogP contribution in [0.15, 0.2) is 30.3 Å². The number of methoxy groups -OCH3 is 2. The largest absolute Gasteiger partial charge is 0.493 e. The highest BCUT2D eigenvalue weighted by Crippen LogP contribution is 2.27. The van der Waals surface area contributed by atoms with E-state index in [9.17, 15) is 4.79 Å². The van der Waals surface area contributed by atoms with Crippen LogP contribution in [0, 0.1) is 0 Å². The highest BCUT2D eigenvalue weighted by Gasteiger charge is 2.10. The molecule has 0 saturated heterocycles. The van der Waals surface area contributed by atoms with Crippen LogP contribution >= 0.6 is 0 Å². The number of rotatable bonds is 8. The maximum atomic E-state index is 12.2. The van der Waals surface area contributed by atoms with Crippen molar-refractivity contribution in [1.82, 2.24) is 15.5 Å². The molecule has 25 heavy (non-hydrogen) atoms. The summed E-state index contributed by atoms with van der Waals surface area (Å²) in [7, 11) is 3.16. The first-order valence-electron chi connectivity index (χ1n) is 8.16. The lowest BCUT2D eigenvalue weighted by Crippen LogP contribution is -2.24. The Bertz CT molecular complexity index is 704. The van der Waals surface area contributed by atoms with Crippen LogP contribution in [0.5, 0.6) is 11.5 Å². The maximum absolute atomic E-state index is 12.2. The van der Waals surface area contributed by atoms with E-state index in [0.29, 0.717) is 29.9 Å². The van der Waals surface area contributed by atoms with Gasteiger partial charge in [-0.25, -0.2) is 0 Å². The van der Waals surface area contributed by atoms with Crippen LogP contribution in [0.3, 0.4) is 0 Å². The van der Waals surface area contributed by atoms with E-state index in [4.69, 9.17) is 9.47 Å². The molecule has 1 unspecified atom stereocenters. The van der Waals surface area contributed by atoms with E-state index in [2.05, 4.69) is 34.7 Å². The molecule has 0 aliphatic rings. The Balaban J connectivity index is 1.96. The standard InChI is InChI=1S/C18H24N4O3/c1-5-12(2)20-17-9-7-14(21-22-17)18(23)19-11-13-6-8-15(24-3)16(10-13)25-4/h6-10,12H,5,11H2,1-4H3,(H,19,23)(H,20,22). The van der Waals surface area contributed by atoms with Crippen molar-refractivity contribution in [3.8, 4) is 11.5 Å². The number of nitrogens with one attached hydrogen (secondary N) is 2. The highest BCUT2D eigenvalue weighted by atomic mass is 16.5. The summed E-state index contributed by atoms with van der Waals surface area (Å²) in [5.74, 6) is 1.64. The van der Waals surface area contributed by atoms with Crippen molar-refractivity contribution in [3.05, 3.63) is 41.6 Å². The molecule has 1 aromatic carbocycles. The van der Waals surface area contributed by atoms with Crippen LogP contribution < -0.4 is 20.1 Å². The molecule has 1 aromatic heterocycles. The zero-order chi connectivity index (χ0) is 18.2. The van der Waals surface area contributed by atoms with Gasteiger partial charge >= 0.3 is 0 Å². The van der Waals surface area contributed by atoms with Gasteiger partial charge in [-0.15, -0.1) is 10.2 Å². The number of hydrogen-bond acceptors (Lipinski definition) is 6. The molecule has 2 aromatic rings. The fourth-order valence-corrected chi connectivity index (χ4v) is 2.15. The van der Waals surface area contributed by atoms with E-state index in [1.165, 1.54) is 0 Å². The molecule has 2 rings (SSSR count). The zero-order valence-electron chi connectivity index (χ0n) is 15.0. The average molecular weight is 344 g/mol. The smallest absolute Gasteiger partial charge is 0.272 e. The number of amides is 1. The van der Waals surface area contributed by atoms with Crippen LogP contribution in [-0.4, -0.2) is 36.4 Å². The number of carbonyl (C=O) groups excluding carboxylic acids is 1. The molecule has 0 aliphatic carbocycles. The van der Waals surface area contributed by atoms with E-state index in [1.807, 2.05) is 12.1 Å². The molecule has 1 amide bonds. The molecule has 134 valence electrons. The fraction of sp³-hybridized carbons (Fsp3) is 0.389. The summed E-state index contributed by atoms with van der Waals surface area (Å²) in [6.07, 6.45) is 0.981. The summed E-state index contributed by atoms with van der Waals surface area (Å²) in [6, 6.07) is 9.21. The predicted octanol–water partition coefficient (Wildman–Crippen LogP) is 2.63. The zero-order valence-corrected chi connectivity index (χ0v) is 15.0. The second-order valence-corrected chi connectivity index (χ2v) is 5.63. The topological polar surface area (TPSA) is 85.4 Å². The van der Waals surface area contributed by atoms with E-state index in [0.717, 1.165) is 12.0 Å². The number of benzene rings is 1. The van der Waals surface area contributed by atoms with Crippen molar-refractivity contribution in [2.75, 3.05) is 19.5 Å². The van der Waals surface area contributed by atoms with Crippen molar-refractivity contribution in [1.29, 1.82) is 0 Å². The molecule has 7 heteroatoms. The van der Waals surface area contributed by atoms with Crippen LogP contribution in [0.25, 0.3) is 0 Å². The van der Waals surface area contributed by atoms with Gasteiger partial charge in [-0.3, -0.25) is 4.79 Å². The average Bonchev–Trinajstić information content (AvgIpc) is 2.66. The summed E-state index contributed by atoms with van der Waals surface area (Å²) in [5.41, 5.74) is 1.17. The first-order valence-corrected chi connectivity index (χ1v) is 8.16. The maximum Gasteiger partial charge on any atom is 0.272 e. The second-order valence-electron chi connectivity index (χ2n) is 5.63. The molecule has 1 heterocycles. The second kappa shape index (κ2) is 8.86. The SMILES string of the molecule is CCC(C)Nc1ccc(C(=O)NCc2ccc(OC)c(OC)c2)nn1. The lowest BCUT2D eigenvalue weighted by Gasteiger charge is -2.12. The highest BCUT2D eigenvalue weighted by molar-refractivity contribution is 5.92. The molecule has 1 atom stereocenters. The van der Waals surface area contributed by atoms with Gasteiger partial charge in [-0.05, 0) is 43.2 Å². The number of nitrogens with zero attached hydrogens (tertiary/aromatic N) is 2. The van der Waals surface area contributed by atoms with Gasteiger partial charge in [0.1, 0.15) is 5.82 Å². The van der Waals surface area contributed by atoms with E-state index < -0.39 is 0 Å². The minimum atomic E-state index is -0.280. The molecule has 0 radical (unpaired) electrons. The first kappa shape index (κ1) is 18.5. The Morgan fingerprint density at radius 2 is 1.88 bits per heavy atom. The molecule has 0 aliphatic heterocycles. The Labute approximate surface area is 147 Å². The Morgan fingerprint density at radius 3 is 2.48 bits per heavy atom. The van der Waals surface area contributed by atoms with Gasteiger partial charge < -0.3 is 20.1 Å². The van der Waals surface area contributed by atoms with E-state index in [1.54, 1.807) is 32.4 Å². The molecule has 0 spiro atoms. The van der Waals surface area contributed by atoms with Gasteiger partial charge in [-0.2, -0.15) is 0 Å². The van der Waals surface area contributed by atoms with E-state index >= 15 is 0 Å². The Morgan fingerprint density at radius 1 is 1.12 bits per heavy atom. The molecule has 2 N–H and O–H groups in total. The first-order chi connectivity index (χ1) is 12.1. The summed E-state index contributed by atoms with van der Waals surface area (Å²) in [5, 5.41) is 14.0. The van der Waals surface area contributed by atoms with Gasteiger partial charge in [0, 0.05) is 12.6 Å².